The van der Waals surface area contributed by atoms with Gasteiger partial charge in [-0.25, -0.2) is 9.67 Å². The lowest BCUT2D eigenvalue weighted by Gasteiger charge is -2.32. The maximum absolute atomic E-state index is 12.5. The first-order valence-electron chi connectivity index (χ1n) is 10.7. The Morgan fingerprint density at radius 1 is 1.03 bits per heavy atom. The summed E-state index contributed by atoms with van der Waals surface area (Å²) in [4.78, 5) is 30.7. The smallest absolute Gasteiger partial charge is 0.225 e. The summed E-state index contributed by atoms with van der Waals surface area (Å²) < 4.78 is 3.55. The quantitative estimate of drug-likeness (QED) is 0.602. The van der Waals surface area contributed by atoms with Crippen molar-refractivity contribution in [3.8, 4) is 0 Å². The highest BCUT2D eigenvalue weighted by Gasteiger charge is 2.25. The summed E-state index contributed by atoms with van der Waals surface area (Å²) in [5, 5.41) is 11.5. The summed E-state index contributed by atoms with van der Waals surface area (Å²) in [6, 6.07) is 12.0. The molecule has 1 aromatic carbocycles. The van der Waals surface area contributed by atoms with Crippen LogP contribution in [0.15, 0.2) is 55.2 Å². The summed E-state index contributed by atoms with van der Waals surface area (Å²) in [6.45, 7) is 1.90. The average Bonchev–Trinajstić information content (AvgIpc) is 3.49. The zero-order valence-electron chi connectivity index (χ0n) is 17.4. The molecular formula is C22H27N7O2. The molecule has 9 heteroatoms. The maximum Gasteiger partial charge on any atom is 0.225 e. The zero-order valence-corrected chi connectivity index (χ0v) is 17.4. The molecule has 1 N–H and O–H groups in total. The number of benzene rings is 1. The van der Waals surface area contributed by atoms with Crippen LogP contribution in [0.25, 0.3) is 0 Å². The van der Waals surface area contributed by atoms with Gasteiger partial charge in [-0.05, 0) is 24.8 Å². The Hall–Kier alpha value is -3.49. The Morgan fingerprint density at radius 3 is 2.58 bits per heavy atom. The van der Waals surface area contributed by atoms with Crippen LogP contribution in [0, 0.1) is 0 Å². The molecule has 3 heterocycles. The lowest BCUT2D eigenvalue weighted by atomic mass is 10.0. The fraction of sp³-hybridized carbons (Fsp3) is 0.409. The van der Waals surface area contributed by atoms with Crippen molar-refractivity contribution >= 4 is 17.6 Å². The summed E-state index contributed by atoms with van der Waals surface area (Å²) in [7, 11) is 0. The van der Waals surface area contributed by atoms with Gasteiger partial charge in [0.25, 0.3) is 0 Å². The van der Waals surface area contributed by atoms with Crippen molar-refractivity contribution in [2.75, 3.05) is 18.4 Å². The van der Waals surface area contributed by atoms with E-state index in [4.69, 9.17) is 0 Å². The van der Waals surface area contributed by atoms with Gasteiger partial charge in [0.05, 0.1) is 18.8 Å². The van der Waals surface area contributed by atoms with Crippen LogP contribution in [-0.4, -0.2) is 54.3 Å². The SMILES string of the molecule is O=C(CCc1ccccc1)Nc1ccnn1C1CCN(C(=O)CCn2cncn2)CC1. The van der Waals surface area contributed by atoms with Crippen LogP contribution < -0.4 is 5.32 Å². The Bertz CT molecular complexity index is 976. The summed E-state index contributed by atoms with van der Waals surface area (Å²) >= 11 is 0. The number of aromatic nitrogens is 5. The van der Waals surface area contributed by atoms with Gasteiger partial charge in [0.2, 0.25) is 11.8 Å². The molecule has 1 aliphatic heterocycles. The van der Waals surface area contributed by atoms with Crippen LogP contribution in [-0.2, 0) is 22.6 Å². The molecule has 9 nitrogen and oxygen atoms in total. The second-order valence-electron chi connectivity index (χ2n) is 7.72. The Morgan fingerprint density at radius 2 is 1.84 bits per heavy atom. The van der Waals surface area contributed by atoms with Crippen molar-refractivity contribution in [2.24, 2.45) is 0 Å². The van der Waals surface area contributed by atoms with Crippen LogP contribution in [0.4, 0.5) is 5.82 Å². The van der Waals surface area contributed by atoms with Gasteiger partial charge in [-0.3, -0.25) is 14.3 Å². The number of carbonyl (C=O) groups is 2. The first kappa shape index (κ1) is 20.8. The third-order valence-electron chi connectivity index (χ3n) is 5.61. The van der Waals surface area contributed by atoms with E-state index in [1.807, 2.05) is 46.0 Å². The third kappa shape index (κ3) is 5.56. The number of amides is 2. The lowest BCUT2D eigenvalue weighted by Crippen LogP contribution is -2.39. The molecule has 0 aliphatic carbocycles. The molecule has 1 aliphatic rings. The van der Waals surface area contributed by atoms with Gasteiger partial charge in [-0.2, -0.15) is 10.2 Å². The average molecular weight is 422 g/mol. The number of hydrogen-bond acceptors (Lipinski definition) is 5. The van der Waals surface area contributed by atoms with E-state index in [1.54, 1.807) is 17.2 Å². The van der Waals surface area contributed by atoms with Crippen molar-refractivity contribution in [2.45, 2.75) is 44.7 Å². The highest BCUT2D eigenvalue weighted by Crippen LogP contribution is 2.26. The highest BCUT2D eigenvalue weighted by molar-refractivity contribution is 5.90. The van der Waals surface area contributed by atoms with Gasteiger partial charge >= 0.3 is 0 Å². The predicted octanol–water partition coefficient (Wildman–Crippen LogP) is 2.30. The lowest BCUT2D eigenvalue weighted by molar-refractivity contribution is -0.132. The maximum atomic E-state index is 12.5. The minimum atomic E-state index is -0.0219. The zero-order chi connectivity index (χ0) is 21.5. The van der Waals surface area contributed by atoms with Crippen molar-refractivity contribution in [1.29, 1.82) is 0 Å². The Labute approximate surface area is 181 Å². The fourth-order valence-electron chi connectivity index (χ4n) is 3.89. The van der Waals surface area contributed by atoms with E-state index < -0.39 is 0 Å². The standard InChI is InChI=1S/C22H27N7O2/c30-21(7-6-18-4-2-1-3-5-18)26-20-8-12-24-29(20)19-9-13-27(14-10-19)22(31)11-15-28-17-23-16-25-28/h1-5,8,12,16-17,19H,6-7,9-11,13-15H2,(H,26,30). The molecule has 0 unspecified atom stereocenters. The normalized spacial score (nSPS) is 14.5. The van der Waals surface area contributed by atoms with Crippen LogP contribution in [0.1, 0.15) is 37.3 Å². The van der Waals surface area contributed by atoms with E-state index in [2.05, 4.69) is 20.5 Å². The van der Waals surface area contributed by atoms with E-state index in [0.29, 0.717) is 44.7 Å². The summed E-state index contributed by atoms with van der Waals surface area (Å²) in [5.74, 6) is 0.823. The minimum absolute atomic E-state index is 0.0219. The van der Waals surface area contributed by atoms with Gasteiger partial charge in [-0.1, -0.05) is 30.3 Å². The van der Waals surface area contributed by atoms with Crippen molar-refractivity contribution in [1.82, 2.24) is 29.4 Å². The first-order chi connectivity index (χ1) is 15.2. The molecule has 1 fully saturated rings. The van der Waals surface area contributed by atoms with E-state index >= 15 is 0 Å². The number of nitrogens with zero attached hydrogens (tertiary/aromatic N) is 6. The molecule has 0 bridgehead atoms. The molecule has 2 aromatic heterocycles. The van der Waals surface area contributed by atoms with Gasteiger partial charge in [0, 0.05) is 32.0 Å². The Balaban J connectivity index is 1.25. The van der Waals surface area contributed by atoms with E-state index in [1.165, 1.54) is 6.33 Å². The second-order valence-corrected chi connectivity index (χ2v) is 7.72. The van der Waals surface area contributed by atoms with Crippen molar-refractivity contribution in [3.05, 3.63) is 60.8 Å². The minimum Gasteiger partial charge on any atom is -0.342 e. The molecule has 162 valence electrons. The van der Waals surface area contributed by atoms with E-state index in [0.717, 1.165) is 18.4 Å². The van der Waals surface area contributed by atoms with E-state index in [9.17, 15) is 9.59 Å². The first-order valence-corrected chi connectivity index (χ1v) is 10.7. The topological polar surface area (TPSA) is 97.9 Å². The molecule has 31 heavy (non-hydrogen) atoms. The summed E-state index contributed by atoms with van der Waals surface area (Å²) in [5.41, 5.74) is 1.15. The van der Waals surface area contributed by atoms with Gasteiger partial charge in [0.1, 0.15) is 18.5 Å². The molecule has 0 atom stereocenters. The number of likely N-dealkylation sites (tertiary alicyclic amines) is 1. The van der Waals surface area contributed by atoms with Crippen LogP contribution in [0.5, 0.6) is 0 Å². The number of nitrogens with one attached hydrogen (secondary N) is 1. The molecule has 4 rings (SSSR count). The van der Waals surface area contributed by atoms with Crippen LogP contribution in [0.2, 0.25) is 0 Å². The molecule has 3 aromatic rings. The molecule has 1 saturated heterocycles. The molecule has 2 amide bonds. The number of aryl methyl sites for hydroxylation is 2. The number of piperidine rings is 1. The molecule has 0 radical (unpaired) electrons. The Kier molecular flexibility index (Phi) is 6.71. The predicted molar refractivity (Wildman–Crippen MR) is 115 cm³/mol. The monoisotopic (exact) mass is 421 g/mol. The third-order valence-corrected chi connectivity index (χ3v) is 5.61. The van der Waals surface area contributed by atoms with Crippen LogP contribution >= 0.6 is 0 Å². The highest BCUT2D eigenvalue weighted by atomic mass is 16.2. The molecule has 0 saturated carbocycles. The van der Waals surface area contributed by atoms with Gasteiger partial charge in [0.15, 0.2) is 0 Å². The molecular weight excluding hydrogens is 394 g/mol. The number of carbonyl (C=O) groups excluding carboxylic acids is 2. The fourth-order valence-corrected chi connectivity index (χ4v) is 3.89. The largest absolute Gasteiger partial charge is 0.342 e. The van der Waals surface area contributed by atoms with Crippen molar-refractivity contribution in [3.63, 3.8) is 0 Å². The number of anilines is 1. The number of rotatable bonds is 8. The summed E-state index contributed by atoms with van der Waals surface area (Å²) in [6.07, 6.45) is 7.96. The van der Waals surface area contributed by atoms with Gasteiger partial charge < -0.3 is 10.2 Å². The van der Waals surface area contributed by atoms with Gasteiger partial charge in [-0.15, -0.1) is 0 Å². The van der Waals surface area contributed by atoms with Crippen molar-refractivity contribution < 1.29 is 9.59 Å². The molecule has 0 spiro atoms. The second kappa shape index (κ2) is 10.0. The van der Waals surface area contributed by atoms with E-state index in [-0.39, 0.29) is 17.9 Å². The number of hydrogen-bond donors (Lipinski definition) is 1. The van der Waals surface area contributed by atoms with Crippen LogP contribution in [0.3, 0.4) is 0 Å².